The molecule has 0 bridgehead atoms. The summed E-state index contributed by atoms with van der Waals surface area (Å²) in [5, 5.41) is 8.33. The number of hydrogen-bond donors (Lipinski definition) is 0. The molecule has 0 spiro atoms. The number of rotatable bonds is 5. The molecule has 0 saturated carbocycles. The van der Waals surface area contributed by atoms with Gasteiger partial charge in [0.05, 0.1) is 32.4 Å². The summed E-state index contributed by atoms with van der Waals surface area (Å²) >= 11 is 0. The molecule has 2 aromatic rings. The molecule has 1 atom stereocenters. The fourth-order valence-electron chi connectivity index (χ4n) is 2.69. The van der Waals surface area contributed by atoms with Gasteiger partial charge >= 0.3 is 0 Å². The molecule has 0 unspecified atom stereocenters. The average Bonchev–Trinajstić information content (AvgIpc) is 3.03. The minimum Gasteiger partial charge on any atom is -0.496 e. The van der Waals surface area contributed by atoms with E-state index in [9.17, 15) is 0 Å². The van der Waals surface area contributed by atoms with Crippen LogP contribution < -0.4 is 4.74 Å². The van der Waals surface area contributed by atoms with E-state index in [1.54, 1.807) is 7.11 Å². The lowest BCUT2D eigenvalue weighted by atomic mass is 10.2. The lowest BCUT2D eigenvalue weighted by molar-refractivity contribution is -0.0160. The monoisotopic (exact) mass is 303 g/mol. The molecule has 6 nitrogen and oxygen atoms in total. The van der Waals surface area contributed by atoms with Crippen LogP contribution in [0, 0.1) is 0 Å². The third-order valence-corrected chi connectivity index (χ3v) is 3.96. The van der Waals surface area contributed by atoms with Crippen molar-refractivity contribution in [3.63, 3.8) is 0 Å². The minimum atomic E-state index is 0.412. The standard InChI is InChI=1S/C16H21N3O3/c1-3-12-11-21-9-8-19(12)10-15-17-18-16(22-15)13-6-4-5-7-14(13)20-2/h4-7,12H,3,8-11H2,1-2H3/t12-/m1/s1. The molecule has 0 amide bonds. The number of morpholine rings is 1. The number of methoxy groups -OCH3 is 1. The van der Waals surface area contributed by atoms with Crippen LogP contribution in [0.15, 0.2) is 28.7 Å². The van der Waals surface area contributed by atoms with Gasteiger partial charge in [-0.3, -0.25) is 4.90 Å². The zero-order valence-electron chi connectivity index (χ0n) is 13.0. The Balaban J connectivity index is 1.76. The molecule has 1 aliphatic heterocycles. The van der Waals surface area contributed by atoms with E-state index in [1.807, 2.05) is 24.3 Å². The molecule has 1 fully saturated rings. The second-order valence-electron chi connectivity index (χ2n) is 5.31. The fourth-order valence-corrected chi connectivity index (χ4v) is 2.69. The lowest BCUT2D eigenvalue weighted by Gasteiger charge is -2.33. The molecule has 0 N–H and O–H groups in total. The summed E-state index contributed by atoms with van der Waals surface area (Å²) in [5.41, 5.74) is 0.817. The van der Waals surface area contributed by atoms with Crippen LogP contribution in [0.2, 0.25) is 0 Å². The van der Waals surface area contributed by atoms with Gasteiger partial charge in [0, 0.05) is 12.6 Å². The van der Waals surface area contributed by atoms with E-state index in [1.165, 1.54) is 0 Å². The molecule has 1 aromatic carbocycles. The molecule has 1 saturated heterocycles. The molecule has 1 aromatic heterocycles. The minimum absolute atomic E-state index is 0.412. The van der Waals surface area contributed by atoms with Gasteiger partial charge in [0.1, 0.15) is 5.75 Å². The maximum Gasteiger partial charge on any atom is 0.251 e. The summed E-state index contributed by atoms with van der Waals surface area (Å²) < 4.78 is 16.7. The average molecular weight is 303 g/mol. The first-order valence-corrected chi connectivity index (χ1v) is 7.59. The predicted octanol–water partition coefficient (Wildman–Crippen LogP) is 2.36. The van der Waals surface area contributed by atoms with Crippen molar-refractivity contribution in [1.29, 1.82) is 0 Å². The second kappa shape index (κ2) is 6.89. The number of para-hydroxylation sites is 1. The summed E-state index contributed by atoms with van der Waals surface area (Å²) in [4.78, 5) is 2.34. The number of aromatic nitrogens is 2. The Hall–Kier alpha value is -1.92. The quantitative estimate of drug-likeness (QED) is 0.845. The molecule has 22 heavy (non-hydrogen) atoms. The van der Waals surface area contributed by atoms with Crippen LogP contribution in [0.25, 0.3) is 11.5 Å². The van der Waals surface area contributed by atoms with Crippen LogP contribution in [-0.4, -0.2) is 48.0 Å². The highest BCUT2D eigenvalue weighted by atomic mass is 16.5. The van der Waals surface area contributed by atoms with Gasteiger partial charge in [-0.05, 0) is 18.6 Å². The molecule has 3 rings (SSSR count). The summed E-state index contributed by atoms with van der Waals surface area (Å²) in [5.74, 6) is 1.85. The van der Waals surface area contributed by atoms with Gasteiger partial charge in [-0.2, -0.15) is 0 Å². The van der Waals surface area contributed by atoms with Gasteiger partial charge < -0.3 is 13.9 Å². The molecule has 0 aliphatic carbocycles. The summed E-state index contributed by atoms with van der Waals surface area (Å²) in [6.07, 6.45) is 1.05. The fraction of sp³-hybridized carbons (Fsp3) is 0.500. The van der Waals surface area contributed by atoms with Crippen molar-refractivity contribution in [2.24, 2.45) is 0 Å². The van der Waals surface area contributed by atoms with Crippen LogP contribution in [0.4, 0.5) is 0 Å². The van der Waals surface area contributed by atoms with E-state index in [4.69, 9.17) is 13.9 Å². The van der Waals surface area contributed by atoms with Gasteiger partial charge in [-0.25, -0.2) is 0 Å². The van der Waals surface area contributed by atoms with Gasteiger partial charge in [-0.1, -0.05) is 19.1 Å². The molecular formula is C16H21N3O3. The summed E-state index contributed by atoms with van der Waals surface area (Å²) in [6, 6.07) is 8.06. The van der Waals surface area contributed by atoms with E-state index in [2.05, 4.69) is 22.0 Å². The van der Waals surface area contributed by atoms with Gasteiger partial charge in [0.2, 0.25) is 5.89 Å². The zero-order chi connectivity index (χ0) is 15.4. The van der Waals surface area contributed by atoms with Crippen LogP contribution in [0.1, 0.15) is 19.2 Å². The van der Waals surface area contributed by atoms with Gasteiger partial charge in [0.25, 0.3) is 5.89 Å². The Morgan fingerprint density at radius 2 is 2.18 bits per heavy atom. The first-order chi connectivity index (χ1) is 10.8. The van der Waals surface area contributed by atoms with Gasteiger partial charge in [0.15, 0.2) is 0 Å². The van der Waals surface area contributed by atoms with Crippen molar-refractivity contribution in [3.8, 4) is 17.2 Å². The molecule has 1 aliphatic rings. The lowest BCUT2D eigenvalue weighted by Crippen LogP contribution is -2.44. The second-order valence-corrected chi connectivity index (χ2v) is 5.31. The van der Waals surface area contributed by atoms with E-state index in [0.717, 1.165) is 37.5 Å². The normalized spacial score (nSPS) is 19.3. The Labute approximate surface area is 130 Å². The van der Waals surface area contributed by atoms with Crippen LogP contribution in [-0.2, 0) is 11.3 Å². The highest BCUT2D eigenvalue weighted by Gasteiger charge is 2.23. The number of benzene rings is 1. The number of hydrogen-bond acceptors (Lipinski definition) is 6. The Morgan fingerprint density at radius 3 is 3.00 bits per heavy atom. The van der Waals surface area contributed by atoms with E-state index < -0.39 is 0 Å². The molecule has 6 heteroatoms. The Bertz CT molecular complexity index is 614. The third-order valence-electron chi connectivity index (χ3n) is 3.96. The molecule has 118 valence electrons. The Morgan fingerprint density at radius 1 is 1.32 bits per heavy atom. The number of ether oxygens (including phenoxy) is 2. The largest absolute Gasteiger partial charge is 0.496 e. The van der Waals surface area contributed by atoms with Crippen molar-refractivity contribution in [2.75, 3.05) is 26.9 Å². The van der Waals surface area contributed by atoms with Crippen molar-refractivity contribution in [1.82, 2.24) is 15.1 Å². The predicted molar refractivity (Wildman–Crippen MR) is 81.6 cm³/mol. The van der Waals surface area contributed by atoms with Crippen LogP contribution in [0.3, 0.4) is 0 Å². The molecular weight excluding hydrogens is 282 g/mol. The first kappa shape index (κ1) is 15.0. The van der Waals surface area contributed by atoms with Crippen LogP contribution >= 0.6 is 0 Å². The maximum atomic E-state index is 5.82. The maximum absolute atomic E-state index is 5.82. The van der Waals surface area contributed by atoms with Gasteiger partial charge in [-0.15, -0.1) is 10.2 Å². The van der Waals surface area contributed by atoms with Crippen LogP contribution in [0.5, 0.6) is 5.75 Å². The van der Waals surface area contributed by atoms with Crippen molar-refractivity contribution in [2.45, 2.75) is 25.9 Å². The Kier molecular flexibility index (Phi) is 4.70. The summed E-state index contributed by atoms with van der Waals surface area (Å²) in [6.45, 7) is 5.24. The molecule has 0 radical (unpaired) electrons. The molecule has 2 heterocycles. The zero-order valence-corrected chi connectivity index (χ0v) is 13.0. The van der Waals surface area contributed by atoms with E-state index >= 15 is 0 Å². The van der Waals surface area contributed by atoms with Crippen molar-refractivity contribution in [3.05, 3.63) is 30.2 Å². The topological polar surface area (TPSA) is 60.6 Å². The SMILES string of the molecule is CC[C@@H]1COCCN1Cc1nnc(-c2ccccc2OC)o1. The summed E-state index contributed by atoms with van der Waals surface area (Å²) in [7, 11) is 1.63. The third kappa shape index (κ3) is 3.13. The van der Waals surface area contributed by atoms with Crippen molar-refractivity contribution < 1.29 is 13.9 Å². The van der Waals surface area contributed by atoms with E-state index in [0.29, 0.717) is 24.4 Å². The highest BCUT2D eigenvalue weighted by Crippen LogP contribution is 2.28. The van der Waals surface area contributed by atoms with Crippen molar-refractivity contribution >= 4 is 0 Å². The smallest absolute Gasteiger partial charge is 0.251 e. The highest BCUT2D eigenvalue weighted by molar-refractivity contribution is 5.62. The van der Waals surface area contributed by atoms with E-state index in [-0.39, 0.29) is 0 Å². The number of nitrogens with zero attached hydrogens (tertiary/aromatic N) is 3. The first-order valence-electron chi connectivity index (χ1n) is 7.59.